The number of rotatable bonds is 3. The topological polar surface area (TPSA) is 79.7 Å². The van der Waals surface area contributed by atoms with Crippen molar-refractivity contribution in [3.05, 3.63) is 5.56 Å². The summed E-state index contributed by atoms with van der Waals surface area (Å²) in [7, 11) is 0. The molecular weight excluding hydrogens is 226 g/mol. The van der Waals surface area contributed by atoms with Crippen LogP contribution in [0.5, 0.6) is 0 Å². The quantitative estimate of drug-likeness (QED) is 0.859. The minimum atomic E-state index is -0.224. The number of aromatic nitrogens is 2. The van der Waals surface area contributed by atoms with Gasteiger partial charge in [-0.2, -0.15) is 10.4 Å². The van der Waals surface area contributed by atoms with Crippen molar-refractivity contribution in [2.24, 2.45) is 5.92 Å². The molecule has 5 heteroatoms. The first-order valence-corrected chi connectivity index (χ1v) is 6.40. The number of nitriles is 1. The minimum absolute atomic E-state index is 0.224. The predicted octanol–water partition coefficient (Wildman–Crippen LogP) is 2.30. The highest BCUT2D eigenvalue weighted by molar-refractivity contribution is 5.64. The third-order valence-corrected chi connectivity index (χ3v) is 3.36. The van der Waals surface area contributed by atoms with E-state index in [-0.39, 0.29) is 5.54 Å². The summed E-state index contributed by atoms with van der Waals surface area (Å²) in [6.45, 7) is 8.19. The third-order valence-electron chi connectivity index (χ3n) is 3.36. The van der Waals surface area contributed by atoms with Gasteiger partial charge in [0.15, 0.2) is 5.82 Å². The molecule has 5 nitrogen and oxygen atoms in total. The van der Waals surface area contributed by atoms with Crippen molar-refractivity contribution in [3.8, 4) is 6.07 Å². The molecule has 0 aliphatic heterocycles. The highest BCUT2D eigenvalue weighted by Gasteiger charge is 2.30. The molecule has 0 radical (unpaired) electrons. The van der Waals surface area contributed by atoms with Crippen LogP contribution >= 0.6 is 0 Å². The van der Waals surface area contributed by atoms with Gasteiger partial charge in [-0.3, -0.25) is 0 Å². The highest BCUT2D eigenvalue weighted by Crippen LogP contribution is 2.35. The molecule has 0 aromatic carbocycles. The number of hydrogen-bond acceptors (Lipinski definition) is 4. The van der Waals surface area contributed by atoms with E-state index in [1.165, 1.54) is 12.8 Å². The van der Waals surface area contributed by atoms with Crippen molar-refractivity contribution in [2.75, 3.05) is 11.1 Å². The fourth-order valence-corrected chi connectivity index (χ4v) is 2.08. The number of anilines is 2. The zero-order valence-corrected chi connectivity index (χ0v) is 11.5. The van der Waals surface area contributed by atoms with Crippen LogP contribution in [0.3, 0.4) is 0 Å². The minimum Gasteiger partial charge on any atom is -0.383 e. The Hall–Kier alpha value is -1.70. The molecule has 1 aromatic heterocycles. The van der Waals surface area contributed by atoms with Crippen molar-refractivity contribution < 1.29 is 0 Å². The molecule has 1 atom stereocenters. The van der Waals surface area contributed by atoms with Gasteiger partial charge in [-0.05, 0) is 46.5 Å². The summed E-state index contributed by atoms with van der Waals surface area (Å²) in [4.78, 5) is 0. The van der Waals surface area contributed by atoms with Gasteiger partial charge >= 0.3 is 0 Å². The molecule has 1 unspecified atom stereocenters. The lowest BCUT2D eigenvalue weighted by molar-refractivity contribution is 0.362. The van der Waals surface area contributed by atoms with E-state index in [1.54, 1.807) is 4.68 Å². The summed E-state index contributed by atoms with van der Waals surface area (Å²) < 4.78 is 1.72. The Labute approximate surface area is 108 Å². The van der Waals surface area contributed by atoms with Gasteiger partial charge in [-0.25, -0.2) is 4.68 Å². The lowest BCUT2D eigenvalue weighted by Gasteiger charge is -2.20. The van der Waals surface area contributed by atoms with Crippen LogP contribution in [0.4, 0.5) is 11.6 Å². The first kappa shape index (κ1) is 12.7. The molecule has 3 N–H and O–H groups in total. The molecule has 1 heterocycles. The van der Waals surface area contributed by atoms with E-state index in [9.17, 15) is 5.26 Å². The van der Waals surface area contributed by atoms with Crippen molar-refractivity contribution in [1.29, 1.82) is 5.26 Å². The van der Waals surface area contributed by atoms with Crippen molar-refractivity contribution in [3.63, 3.8) is 0 Å². The van der Waals surface area contributed by atoms with Crippen LogP contribution in [-0.4, -0.2) is 15.8 Å². The summed E-state index contributed by atoms with van der Waals surface area (Å²) in [5, 5.41) is 17.0. The molecule has 0 spiro atoms. The Bertz CT molecular complexity index is 485. The fraction of sp³-hybridized carbons (Fsp3) is 0.692. The van der Waals surface area contributed by atoms with Gasteiger partial charge in [0, 0.05) is 6.04 Å². The normalized spacial score (nSPS) is 17.3. The lowest BCUT2D eigenvalue weighted by Crippen LogP contribution is -2.25. The van der Waals surface area contributed by atoms with Crippen LogP contribution in [-0.2, 0) is 5.54 Å². The molecule has 1 aliphatic rings. The third kappa shape index (κ3) is 2.28. The summed E-state index contributed by atoms with van der Waals surface area (Å²) in [5.41, 5.74) is 6.24. The van der Waals surface area contributed by atoms with Crippen LogP contribution in [0.25, 0.3) is 0 Å². The van der Waals surface area contributed by atoms with Crippen LogP contribution in [0.1, 0.15) is 46.1 Å². The zero-order valence-electron chi connectivity index (χ0n) is 11.5. The molecule has 1 fully saturated rings. The molecule has 2 rings (SSSR count). The Morgan fingerprint density at radius 1 is 1.50 bits per heavy atom. The predicted molar refractivity (Wildman–Crippen MR) is 72.2 cm³/mol. The van der Waals surface area contributed by atoms with Crippen LogP contribution < -0.4 is 11.1 Å². The SMILES string of the molecule is CC(Nc1nn(C(C)(C)C)c(N)c1C#N)C1CC1. The van der Waals surface area contributed by atoms with Crippen molar-refractivity contribution in [2.45, 2.75) is 52.1 Å². The van der Waals surface area contributed by atoms with E-state index in [4.69, 9.17) is 5.73 Å². The van der Waals surface area contributed by atoms with Gasteiger partial charge in [0.05, 0.1) is 5.54 Å². The van der Waals surface area contributed by atoms with Crippen molar-refractivity contribution >= 4 is 11.6 Å². The highest BCUT2D eigenvalue weighted by atomic mass is 15.4. The average Bonchev–Trinajstić information content (AvgIpc) is 3.03. The van der Waals surface area contributed by atoms with Gasteiger partial charge in [-0.1, -0.05) is 0 Å². The van der Waals surface area contributed by atoms with E-state index in [0.717, 1.165) is 0 Å². The van der Waals surface area contributed by atoms with E-state index < -0.39 is 0 Å². The number of nitrogens with two attached hydrogens (primary N) is 1. The second-order valence-corrected chi connectivity index (χ2v) is 6.07. The Morgan fingerprint density at radius 2 is 2.11 bits per heavy atom. The molecule has 18 heavy (non-hydrogen) atoms. The van der Waals surface area contributed by atoms with Crippen molar-refractivity contribution in [1.82, 2.24) is 9.78 Å². The van der Waals surface area contributed by atoms with Gasteiger partial charge in [-0.15, -0.1) is 0 Å². The Balaban J connectivity index is 2.32. The maximum atomic E-state index is 9.22. The number of nitrogen functional groups attached to an aromatic ring is 1. The molecule has 0 amide bonds. The van der Waals surface area contributed by atoms with Gasteiger partial charge in [0.1, 0.15) is 17.5 Å². The van der Waals surface area contributed by atoms with E-state index in [2.05, 4.69) is 23.4 Å². The second-order valence-electron chi connectivity index (χ2n) is 6.07. The first-order valence-electron chi connectivity index (χ1n) is 6.40. The van der Waals surface area contributed by atoms with Gasteiger partial charge in [0.2, 0.25) is 0 Å². The van der Waals surface area contributed by atoms with Crippen LogP contribution in [0.2, 0.25) is 0 Å². The molecule has 1 aliphatic carbocycles. The molecular formula is C13H21N5. The molecule has 0 bridgehead atoms. The summed E-state index contributed by atoms with van der Waals surface area (Å²) in [6, 6.07) is 2.50. The first-order chi connectivity index (χ1) is 8.34. The number of hydrogen-bond donors (Lipinski definition) is 2. The summed E-state index contributed by atoms with van der Waals surface area (Å²) in [6.07, 6.45) is 2.51. The van der Waals surface area contributed by atoms with E-state index >= 15 is 0 Å². The summed E-state index contributed by atoms with van der Waals surface area (Å²) in [5.74, 6) is 1.76. The maximum Gasteiger partial charge on any atom is 0.168 e. The monoisotopic (exact) mass is 247 g/mol. The number of nitrogens with one attached hydrogen (secondary N) is 1. The van der Waals surface area contributed by atoms with Crippen LogP contribution in [0.15, 0.2) is 0 Å². The standard InChI is InChI=1S/C13H21N5/c1-8(9-5-6-9)16-12-10(7-14)11(15)18(17-12)13(2,3)4/h8-9H,5-6,15H2,1-4H3,(H,16,17). The maximum absolute atomic E-state index is 9.22. The molecule has 1 saturated carbocycles. The van der Waals surface area contributed by atoms with Crippen LogP contribution in [0, 0.1) is 17.2 Å². The van der Waals surface area contributed by atoms with E-state index in [1.807, 2.05) is 20.8 Å². The zero-order chi connectivity index (χ0) is 13.5. The molecule has 1 aromatic rings. The lowest BCUT2D eigenvalue weighted by atomic mass is 10.1. The smallest absolute Gasteiger partial charge is 0.168 e. The fourth-order valence-electron chi connectivity index (χ4n) is 2.08. The molecule has 98 valence electrons. The Kier molecular flexibility index (Phi) is 2.97. The second kappa shape index (κ2) is 4.20. The van der Waals surface area contributed by atoms with E-state index in [0.29, 0.717) is 29.2 Å². The summed E-state index contributed by atoms with van der Waals surface area (Å²) >= 11 is 0. The van der Waals surface area contributed by atoms with Gasteiger partial charge in [0.25, 0.3) is 0 Å². The Morgan fingerprint density at radius 3 is 2.56 bits per heavy atom. The average molecular weight is 247 g/mol. The largest absolute Gasteiger partial charge is 0.383 e. The molecule has 0 saturated heterocycles. The van der Waals surface area contributed by atoms with Gasteiger partial charge < -0.3 is 11.1 Å². The number of nitrogens with zero attached hydrogens (tertiary/aromatic N) is 3.